The summed E-state index contributed by atoms with van der Waals surface area (Å²) in [5.74, 6) is 0.874. The molecule has 0 aliphatic heterocycles. The van der Waals surface area contributed by atoms with Crippen molar-refractivity contribution in [3.05, 3.63) is 64.6 Å². The minimum atomic E-state index is 0.594. The molecule has 7 heteroatoms. The van der Waals surface area contributed by atoms with E-state index in [1.165, 1.54) is 0 Å². The van der Waals surface area contributed by atoms with Crippen molar-refractivity contribution in [1.29, 1.82) is 0 Å². The topological polar surface area (TPSA) is 58.3 Å². The van der Waals surface area contributed by atoms with Gasteiger partial charge in [0.1, 0.15) is 0 Å². The molecule has 3 rings (SSSR count). The highest BCUT2D eigenvalue weighted by Crippen LogP contribution is 2.15. The van der Waals surface area contributed by atoms with E-state index in [-0.39, 0.29) is 0 Å². The van der Waals surface area contributed by atoms with Crippen LogP contribution in [0.2, 0.25) is 0 Å². The zero-order valence-corrected chi connectivity index (χ0v) is 16.2. The Morgan fingerprint density at radius 3 is 2.88 bits per heavy atom. The van der Waals surface area contributed by atoms with Gasteiger partial charge < -0.3 is 14.8 Å². The lowest BCUT2D eigenvalue weighted by molar-refractivity contribution is 0.471. The molecule has 0 saturated heterocycles. The highest BCUT2D eigenvalue weighted by molar-refractivity contribution is 7.09. The number of aliphatic imine (C=N–C) groups is 1. The van der Waals surface area contributed by atoms with E-state index in [4.69, 9.17) is 4.99 Å². The molecule has 0 bridgehead atoms. The lowest BCUT2D eigenvalue weighted by Gasteiger charge is -2.21. The van der Waals surface area contributed by atoms with Crippen LogP contribution >= 0.6 is 11.3 Å². The van der Waals surface area contributed by atoms with E-state index in [1.807, 2.05) is 43.2 Å². The maximum atomic E-state index is 4.83. The SMILES string of the molecule is CCNC(=NCc1ccccc1-n1ccnc1)N(C)Cc1csc(C)n1. The maximum absolute atomic E-state index is 4.83. The fraction of sp³-hybridized carbons (Fsp3) is 0.316. The first-order valence-electron chi connectivity index (χ1n) is 8.64. The van der Waals surface area contributed by atoms with E-state index in [2.05, 4.69) is 44.6 Å². The monoisotopic (exact) mass is 368 g/mol. The summed E-state index contributed by atoms with van der Waals surface area (Å²) in [6, 6.07) is 8.26. The van der Waals surface area contributed by atoms with Gasteiger partial charge in [-0.3, -0.25) is 0 Å². The van der Waals surface area contributed by atoms with Gasteiger partial charge in [0.2, 0.25) is 0 Å². The van der Waals surface area contributed by atoms with Crippen LogP contribution in [0, 0.1) is 6.92 Å². The third kappa shape index (κ3) is 4.49. The largest absolute Gasteiger partial charge is 0.357 e. The van der Waals surface area contributed by atoms with E-state index in [0.717, 1.165) is 41.0 Å². The van der Waals surface area contributed by atoms with Crippen molar-refractivity contribution in [3.8, 4) is 5.69 Å². The van der Waals surface area contributed by atoms with E-state index in [1.54, 1.807) is 17.5 Å². The number of aryl methyl sites for hydroxylation is 1. The van der Waals surface area contributed by atoms with Gasteiger partial charge in [0.25, 0.3) is 0 Å². The van der Waals surface area contributed by atoms with E-state index in [9.17, 15) is 0 Å². The van der Waals surface area contributed by atoms with Gasteiger partial charge in [-0.05, 0) is 25.5 Å². The van der Waals surface area contributed by atoms with Crippen LogP contribution in [0.25, 0.3) is 5.69 Å². The van der Waals surface area contributed by atoms with Crippen molar-refractivity contribution in [1.82, 2.24) is 24.8 Å². The number of nitrogens with zero attached hydrogens (tertiary/aromatic N) is 5. The molecule has 0 atom stereocenters. The van der Waals surface area contributed by atoms with Crippen molar-refractivity contribution < 1.29 is 0 Å². The van der Waals surface area contributed by atoms with Crippen molar-refractivity contribution in [2.24, 2.45) is 4.99 Å². The Labute approximate surface area is 158 Å². The van der Waals surface area contributed by atoms with Crippen LogP contribution in [0.15, 0.2) is 53.4 Å². The molecule has 136 valence electrons. The first-order chi connectivity index (χ1) is 12.7. The normalized spacial score (nSPS) is 11.6. The molecule has 0 saturated carbocycles. The van der Waals surface area contributed by atoms with Crippen molar-refractivity contribution in [3.63, 3.8) is 0 Å². The summed E-state index contributed by atoms with van der Waals surface area (Å²) in [4.78, 5) is 15.6. The number of aromatic nitrogens is 3. The van der Waals surface area contributed by atoms with Gasteiger partial charge in [0, 0.05) is 31.4 Å². The third-order valence-electron chi connectivity index (χ3n) is 3.94. The highest BCUT2D eigenvalue weighted by Gasteiger charge is 2.09. The number of para-hydroxylation sites is 1. The maximum Gasteiger partial charge on any atom is 0.194 e. The number of benzene rings is 1. The summed E-state index contributed by atoms with van der Waals surface area (Å²) in [5.41, 5.74) is 3.32. The molecule has 2 aromatic heterocycles. The molecule has 0 spiro atoms. The second-order valence-electron chi connectivity index (χ2n) is 5.98. The van der Waals surface area contributed by atoms with Gasteiger partial charge in [-0.15, -0.1) is 11.3 Å². The molecule has 1 aromatic carbocycles. The third-order valence-corrected chi connectivity index (χ3v) is 4.76. The molecule has 3 aromatic rings. The van der Waals surface area contributed by atoms with Gasteiger partial charge in [0.05, 0.1) is 35.8 Å². The summed E-state index contributed by atoms with van der Waals surface area (Å²) < 4.78 is 2.01. The average Bonchev–Trinajstić information content (AvgIpc) is 3.31. The second kappa shape index (κ2) is 8.62. The van der Waals surface area contributed by atoms with Crippen LogP contribution in [0.1, 0.15) is 23.2 Å². The molecule has 0 aliphatic rings. The van der Waals surface area contributed by atoms with Crippen LogP contribution in [0.4, 0.5) is 0 Å². The van der Waals surface area contributed by atoms with Gasteiger partial charge in [-0.2, -0.15) is 0 Å². The fourth-order valence-electron chi connectivity index (χ4n) is 2.73. The fourth-order valence-corrected chi connectivity index (χ4v) is 3.33. The predicted octanol–water partition coefficient (Wildman–Crippen LogP) is 3.23. The van der Waals surface area contributed by atoms with Crippen LogP contribution < -0.4 is 5.32 Å². The van der Waals surface area contributed by atoms with Gasteiger partial charge in [-0.1, -0.05) is 18.2 Å². The molecular formula is C19H24N6S. The summed E-state index contributed by atoms with van der Waals surface area (Å²) in [7, 11) is 2.04. The Kier molecular flexibility index (Phi) is 6.01. The van der Waals surface area contributed by atoms with Crippen molar-refractivity contribution in [2.75, 3.05) is 13.6 Å². The smallest absolute Gasteiger partial charge is 0.194 e. The summed E-state index contributed by atoms with van der Waals surface area (Å²) >= 11 is 1.68. The molecule has 26 heavy (non-hydrogen) atoms. The minimum Gasteiger partial charge on any atom is -0.357 e. The number of guanidine groups is 1. The van der Waals surface area contributed by atoms with Crippen LogP contribution in [0.3, 0.4) is 0 Å². The zero-order valence-electron chi connectivity index (χ0n) is 15.4. The molecular weight excluding hydrogens is 344 g/mol. The van der Waals surface area contributed by atoms with Crippen LogP contribution in [-0.2, 0) is 13.1 Å². The summed E-state index contributed by atoms with van der Waals surface area (Å²) in [5, 5.41) is 6.55. The van der Waals surface area contributed by atoms with Crippen molar-refractivity contribution >= 4 is 17.3 Å². The van der Waals surface area contributed by atoms with Gasteiger partial charge in [0.15, 0.2) is 5.96 Å². The first kappa shape index (κ1) is 18.1. The predicted molar refractivity (Wildman–Crippen MR) is 107 cm³/mol. The van der Waals surface area contributed by atoms with Crippen molar-refractivity contribution in [2.45, 2.75) is 26.9 Å². The number of hydrogen-bond donors (Lipinski definition) is 1. The molecule has 0 fully saturated rings. The Balaban J connectivity index is 1.77. The molecule has 0 amide bonds. The summed E-state index contributed by atoms with van der Waals surface area (Å²) in [6.45, 7) is 6.26. The molecule has 2 heterocycles. The Hall–Kier alpha value is -2.67. The minimum absolute atomic E-state index is 0.594. The number of thiazole rings is 1. The van der Waals surface area contributed by atoms with E-state index >= 15 is 0 Å². The number of rotatable bonds is 6. The Morgan fingerprint density at radius 2 is 2.19 bits per heavy atom. The summed E-state index contributed by atoms with van der Waals surface area (Å²) in [6.07, 6.45) is 5.54. The first-order valence-corrected chi connectivity index (χ1v) is 9.52. The quantitative estimate of drug-likeness (QED) is 0.536. The molecule has 6 nitrogen and oxygen atoms in total. The molecule has 0 radical (unpaired) electrons. The lowest BCUT2D eigenvalue weighted by Crippen LogP contribution is -2.38. The van der Waals surface area contributed by atoms with Gasteiger partial charge in [-0.25, -0.2) is 15.0 Å². The Morgan fingerprint density at radius 1 is 1.35 bits per heavy atom. The van der Waals surface area contributed by atoms with Crippen LogP contribution in [0.5, 0.6) is 0 Å². The average molecular weight is 369 g/mol. The Bertz CT molecular complexity index is 853. The van der Waals surface area contributed by atoms with E-state index < -0.39 is 0 Å². The van der Waals surface area contributed by atoms with E-state index in [0.29, 0.717) is 6.54 Å². The number of imidazole rings is 1. The number of nitrogens with one attached hydrogen (secondary N) is 1. The number of hydrogen-bond acceptors (Lipinski definition) is 4. The molecule has 0 unspecified atom stereocenters. The van der Waals surface area contributed by atoms with Crippen LogP contribution in [-0.4, -0.2) is 39.0 Å². The highest BCUT2D eigenvalue weighted by atomic mass is 32.1. The lowest BCUT2D eigenvalue weighted by atomic mass is 10.2. The second-order valence-corrected chi connectivity index (χ2v) is 7.04. The van der Waals surface area contributed by atoms with Gasteiger partial charge >= 0.3 is 0 Å². The molecule has 0 aliphatic carbocycles. The zero-order chi connectivity index (χ0) is 18.4. The standard InChI is InChI=1S/C19H24N6S/c1-4-21-19(24(3)12-17-13-26-15(2)23-17)22-11-16-7-5-6-8-18(16)25-10-9-20-14-25/h5-10,13-14H,4,11-12H2,1-3H3,(H,21,22). The molecule has 1 N–H and O–H groups in total.